The van der Waals surface area contributed by atoms with Crippen molar-refractivity contribution in [2.75, 3.05) is 19.6 Å². The first-order valence-electron chi connectivity index (χ1n) is 4.97. The standard InChI is InChI=1S/C9H18F3N3/c1-2-15(7-4-8(13)14)6-3-5-9(10,11)12/h2-7H2,1H3,(H3,13,14). The Morgan fingerprint density at radius 1 is 1.33 bits per heavy atom. The van der Waals surface area contributed by atoms with Gasteiger partial charge in [-0.05, 0) is 19.5 Å². The summed E-state index contributed by atoms with van der Waals surface area (Å²) in [7, 11) is 0. The maximum Gasteiger partial charge on any atom is 0.389 e. The number of halogens is 3. The molecule has 3 N–H and O–H groups in total. The highest BCUT2D eigenvalue weighted by molar-refractivity contribution is 5.76. The zero-order chi connectivity index (χ0) is 11.9. The Bertz CT molecular complexity index is 192. The Hall–Kier alpha value is -0.780. The van der Waals surface area contributed by atoms with Crippen molar-refractivity contribution >= 4 is 5.84 Å². The van der Waals surface area contributed by atoms with Gasteiger partial charge in [-0.2, -0.15) is 13.2 Å². The van der Waals surface area contributed by atoms with E-state index in [2.05, 4.69) is 0 Å². The summed E-state index contributed by atoms with van der Waals surface area (Å²) in [4.78, 5) is 1.87. The van der Waals surface area contributed by atoms with Crippen molar-refractivity contribution in [1.82, 2.24) is 4.90 Å². The molecule has 0 rings (SSSR count). The average Bonchev–Trinajstić information content (AvgIpc) is 2.08. The molecule has 0 saturated heterocycles. The molecule has 0 spiro atoms. The molecular formula is C9H18F3N3. The van der Waals surface area contributed by atoms with Gasteiger partial charge < -0.3 is 10.6 Å². The fraction of sp³-hybridized carbons (Fsp3) is 0.889. The van der Waals surface area contributed by atoms with E-state index in [0.717, 1.165) is 0 Å². The third-order valence-electron chi connectivity index (χ3n) is 2.08. The molecule has 0 aliphatic rings. The first-order valence-corrected chi connectivity index (χ1v) is 4.97. The van der Waals surface area contributed by atoms with E-state index in [1.54, 1.807) is 0 Å². The SMILES string of the molecule is CCN(CCCC(F)(F)F)CCC(=N)N. The molecule has 0 aliphatic carbocycles. The molecular weight excluding hydrogens is 207 g/mol. The van der Waals surface area contributed by atoms with Gasteiger partial charge >= 0.3 is 6.18 Å². The third-order valence-corrected chi connectivity index (χ3v) is 2.08. The normalized spacial score (nSPS) is 12.1. The monoisotopic (exact) mass is 225 g/mol. The minimum absolute atomic E-state index is 0.0734. The van der Waals surface area contributed by atoms with Crippen molar-refractivity contribution in [2.45, 2.75) is 32.4 Å². The second kappa shape index (κ2) is 6.66. The van der Waals surface area contributed by atoms with Crippen LogP contribution in [0.2, 0.25) is 0 Å². The van der Waals surface area contributed by atoms with E-state index in [1.165, 1.54) is 0 Å². The number of alkyl halides is 3. The molecule has 0 atom stereocenters. The highest BCUT2D eigenvalue weighted by Crippen LogP contribution is 2.21. The largest absolute Gasteiger partial charge is 0.389 e. The molecule has 0 heterocycles. The minimum Gasteiger partial charge on any atom is -0.388 e. The molecule has 0 saturated carbocycles. The Labute approximate surface area is 87.9 Å². The zero-order valence-corrected chi connectivity index (χ0v) is 8.90. The van der Waals surface area contributed by atoms with Gasteiger partial charge in [-0.1, -0.05) is 6.92 Å². The first kappa shape index (κ1) is 14.2. The smallest absolute Gasteiger partial charge is 0.388 e. The molecule has 0 aromatic rings. The maximum atomic E-state index is 11.9. The Balaban J connectivity index is 3.66. The van der Waals surface area contributed by atoms with E-state index in [-0.39, 0.29) is 12.3 Å². The van der Waals surface area contributed by atoms with Crippen LogP contribution in [0.1, 0.15) is 26.2 Å². The van der Waals surface area contributed by atoms with E-state index < -0.39 is 12.6 Å². The van der Waals surface area contributed by atoms with Gasteiger partial charge in [0.15, 0.2) is 0 Å². The Morgan fingerprint density at radius 2 is 1.93 bits per heavy atom. The van der Waals surface area contributed by atoms with Crippen LogP contribution in [0.15, 0.2) is 0 Å². The summed E-state index contributed by atoms with van der Waals surface area (Å²) >= 11 is 0. The molecule has 0 aromatic heterocycles. The second-order valence-corrected chi connectivity index (χ2v) is 3.43. The molecule has 0 fully saturated rings. The lowest BCUT2D eigenvalue weighted by Crippen LogP contribution is -2.29. The number of nitrogens with zero attached hydrogens (tertiary/aromatic N) is 1. The van der Waals surface area contributed by atoms with Crippen LogP contribution < -0.4 is 5.73 Å². The van der Waals surface area contributed by atoms with Crippen LogP contribution >= 0.6 is 0 Å². The van der Waals surface area contributed by atoms with Crippen LogP contribution in [0.25, 0.3) is 0 Å². The first-order chi connectivity index (χ1) is 6.85. The molecule has 0 amide bonds. The summed E-state index contributed by atoms with van der Waals surface area (Å²) in [5.41, 5.74) is 5.17. The quantitative estimate of drug-likeness (QED) is 0.514. The number of rotatable bonds is 7. The topological polar surface area (TPSA) is 53.1 Å². The molecule has 0 aromatic carbocycles. The van der Waals surface area contributed by atoms with Gasteiger partial charge in [-0.15, -0.1) is 0 Å². The van der Waals surface area contributed by atoms with Crippen LogP contribution in [-0.4, -0.2) is 36.5 Å². The van der Waals surface area contributed by atoms with Crippen molar-refractivity contribution < 1.29 is 13.2 Å². The number of hydrogen-bond acceptors (Lipinski definition) is 2. The van der Waals surface area contributed by atoms with Crippen molar-refractivity contribution in [3.05, 3.63) is 0 Å². The molecule has 15 heavy (non-hydrogen) atoms. The van der Waals surface area contributed by atoms with Crippen LogP contribution in [0.5, 0.6) is 0 Å². The van der Waals surface area contributed by atoms with Gasteiger partial charge in [0, 0.05) is 19.4 Å². The lowest BCUT2D eigenvalue weighted by molar-refractivity contribution is -0.136. The highest BCUT2D eigenvalue weighted by atomic mass is 19.4. The fourth-order valence-electron chi connectivity index (χ4n) is 1.21. The molecule has 6 heteroatoms. The van der Waals surface area contributed by atoms with E-state index >= 15 is 0 Å². The van der Waals surface area contributed by atoms with Crippen LogP contribution in [0.3, 0.4) is 0 Å². The van der Waals surface area contributed by atoms with E-state index in [9.17, 15) is 13.2 Å². The predicted molar refractivity (Wildman–Crippen MR) is 53.9 cm³/mol. The summed E-state index contributed by atoms with van der Waals surface area (Å²) in [5, 5.41) is 7.01. The van der Waals surface area contributed by atoms with Crippen molar-refractivity contribution in [3.8, 4) is 0 Å². The summed E-state index contributed by atoms with van der Waals surface area (Å²) in [6.45, 7) is 3.53. The van der Waals surface area contributed by atoms with E-state index in [4.69, 9.17) is 11.1 Å². The van der Waals surface area contributed by atoms with E-state index in [1.807, 2.05) is 11.8 Å². The van der Waals surface area contributed by atoms with Gasteiger partial charge in [-0.25, -0.2) is 0 Å². The molecule has 0 bridgehead atoms. The predicted octanol–water partition coefficient (Wildman–Crippen LogP) is 1.98. The van der Waals surface area contributed by atoms with Gasteiger partial charge in [-0.3, -0.25) is 5.41 Å². The average molecular weight is 225 g/mol. The van der Waals surface area contributed by atoms with Crippen LogP contribution in [-0.2, 0) is 0 Å². The van der Waals surface area contributed by atoms with Crippen LogP contribution in [0.4, 0.5) is 13.2 Å². The van der Waals surface area contributed by atoms with Gasteiger partial charge in [0.1, 0.15) is 0 Å². The molecule has 0 unspecified atom stereocenters. The lowest BCUT2D eigenvalue weighted by Gasteiger charge is -2.20. The van der Waals surface area contributed by atoms with Gasteiger partial charge in [0.05, 0.1) is 5.84 Å². The highest BCUT2D eigenvalue weighted by Gasteiger charge is 2.26. The summed E-state index contributed by atoms with van der Waals surface area (Å²) in [6, 6.07) is 0. The summed E-state index contributed by atoms with van der Waals surface area (Å²) < 4.78 is 35.6. The second-order valence-electron chi connectivity index (χ2n) is 3.43. The van der Waals surface area contributed by atoms with Gasteiger partial charge in [0.25, 0.3) is 0 Å². The fourth-order valence-corrected chi connectivity index (χ4v) is 1.21. The van der Waals surface area contributed by atoms with Gasteiger partial charge in [0.2, 0.25) is 0 Å². The lowest BCUT2D eigenvalue weighted by atomic mass is 10.2. The van der Waals surface area contributed by atoms with Crippen molar-refractivity contribution in [3.63, 3.8) is 0 Å². The minimum atomic E-state index is -4.07. The molecule has 3 nitrogen and oxygen atoms in total. The van der Waals surface area contributed by atoms with Crippen LogP contribution in [0, 0.1) is 5.41 Å². The third kappa shape index (κ3) is 9.52. The Morgan fingerprint density at radius 3 is 2.33 bits per heavy atom. The number of hydrogen-bond donors (Lipinski definition) is 2. The van der Waals surface area contributed by atoms with E-state index in [0.29, 0.717) is 26.1 Å². The summed E-state index contributed by atoms with van der Waals surface area (Å²) in [5.74, 6) is 0.0734. The number of amidine groups is 1. The van der Waals surface area contributed by atoms with Crippen molar-refractivity contribution in [2.24, 2.45) is 5.73 Å². The molecule has 0 radical (unpaired) electrons. The molecule has 90 valence electrons. The molecule has 0 aliphatic heterocycles. The van der Waals surface area contributed by atoms with Crippen molar-refractivity contribution in [1.29, 1.82) is 5.41 Å². The number of nitrogens with two attached hydrogens (primary N) is 1. The maximum absolute atomic E-state index is 11.9. The number of nitrogens with one attached hydrogen (secondary N) is 1. The Kier molecular flexibility index (Phi) is 6.31. The zero-order valence-electron chi connectivity index (χ0n) is 8.90. The summed E-state index contributed by atoms with van der Waals surface area (Å²) in [6.07, 6.45) is -4.29.